The number of hydrogen-bond donors (Lipinski definition) is 2. The van der Waals surface area contributed by atoms with Crippen molar-refractivity contribution in [3.05, 3.63) is 82.9 Å². The molecule has 0 saturated heterocycles. The first kappa shape index (κ1) is 22.8. The van der Waals surface area contributed by atoms with Crippen molar-refractivity contribution in [2.24, 2.45) is 4.99 Å². The lowest BCUT2D eigenvalue weighted by Crippen LogP contribution is -2.52. The molecule has 0 aliphatic carbocycles. The van der Waals surface area contributed by atoms with Crippen LogP contribution >= 0.6 is 0 Å². The van der Waals surface area contributed by atoms with Crippen LogP contribution in [0.2, 0.25) is 0 Å². The Hall–Kier alpha value is -3.99. The number of aliphatic imine (C=N–C) groups is 1. The van der Waals surface area contributed by atoms with Crippen molar-refractivity contribution in [1.82, 2.24) is 20.4 Å². The molecule has 1 amide bonds. The number of rotatable bonds is 6. The topological polar surface area (TPSA) is 104 Å². The average Bonchev–Trinajstić information content (AvgIpc) is 3.47. The van der Waals surface area contributed by atoms with E-state index in [1.54, 1.807) is 30.5 Å². The lowest BCUT2D eigenvalue weighted by atomic mass is 9.98. The predicted molar refractivity (Wildman–Crippen MR) is 119 cm³/mol. The van der Waals surface area contributed by atoms with Gasteiger partial charge >= 0.3 is 0 Å². The number of alkyl halides is 1. The molecule has 3 heterocycles. The van der Waals surface area contributed by atoms with Gasteiger partial charge in [0.15, 0.2) is 17.8 Å². The molecule has 2 aliphatic rings. The maximum atomic E-state index is 13.9. The number of carbonyl (C=O) groups excluding carboxylic acids is 1. The fourth-order valence-electron chi connectivity index (χ4n) is 4.19. The second-order valence-corrected chi connectivity index (χ2v) is 8.24. The van der Waals surface area contributed by atoms with Crippen molar-refractivity contribution in [3.63, 3.8) is 0 Å². The second kappa shape index (κ2) is 8.99. The Labute approximate surface area is 197 Å². The van der Waals surface area contributed by atoms with E-state index >= 15 is 0 Å². The van der Waals surface area contributed by atoms with Gasteiger partial charge in [0.2, 0.25) is 5.89 Å². The van der Waals surface area contributed by atoms with Crippen LogP contribution in [0, 0.1) is 11.6 Å². The molecule has 5 rings (SSSR count). The number of benzene rings is 2. The highest BCUT2D eigenvalue weighted by Crippen LogP contribution is 2.35. The van der Waals surface area contributed by atoms with Crippen molar-refractivity contribution >= 4 is 12.1 Å². The zero-order valence-corrected chi connectivity index (χ0v) is 18.4. The molecule has 0 spiro atoms. The minimum atomic E-state index is -1.43. The molecule has 180 valence electrons. The maximum absolute atomic E-state index is 13.9. The summed E-state index contributed by atoms with van der Waals surface area (Å²) in [6.07, 6.45) is 1.24. The largest absolute Gasteiger partial charge is 0.418 e. The monoisotopic (exact) mass is 483 g/mol. The van der Waals surface area contributed by atoms with Crippen LogP contribution < -0.4 is 5.32 Å². The second-order valence-electron chi connectivity index (χ2n) is 8.24. The zero-order chi connectivity index (χ0) is 24.7. The minimum Gasteiger partial charge on any atom is -0.418 e. The number of aliphatic hydroxyl groups excluding tert-OH is 1. The van der Waals surface area contributed by atoms with Crippen molar-refractivity contribution < 1.29 is 27.5 Å². The summed E-state index contributed by atoms with van der Waals surface area (Å²) in [6.45, 7) is 1.42. The highest BCUT2D eigenvalue weighted by Gasteiger charge is 2.41. The number of aliphatic hydroxyl groups is 1. The first-order valence-corrected chi connectivity index (χ1v) is 10.8. The summed E-state index contributed by atoms with van der Waals surface area (Å²) >= 11 is 0. The molecule has 2 unspecified atom stereocenters. The number of amides is 1. The molecule has 0 fully saturated rings. The molecule has 35 heavy (non-hydrogen) atoms. The van der Waals surface area contributed by atoms with Gasteiger partial charge in [0.1, 0.15) is 18.3 Å². The van der Waals surface area contributed by atoms with E-state index in [-0.39, 0.29) is 23.9 Å². The SMILES string of the molecule is CC(F)c1nnc(-c2ccc3c(c2)C(=O)N([C@H](C2N=CC=CN2)[C@@H](O)c2ccc(F)c(F)c2)C3)o1. The molecule has 2 aliphatic heterocycles. The van der Waals surface area contributed by atoms with Gasteiger partial charge in [0.25, 0.3) is 11.8 Å². The van der Waals surface area contributed by atoms with Crippen LogP contribution in [-0.2, 0) is 6.54 Å². The molecule has 4 atom stereocenters. The number of halogens is 3. The van der Waals surface area contributed by atoms with E-state index in [0.29, 0.717) is 16.7 Å². The quantitative estimate of drug-likeness (QED) is 0.555. The van der Waals surface area contributed by atoms with Gasteiger partial charge in [-0.2, -0.15) is 0 Å². The number of fused-ring (bicyclic) bond motifs is 1. The molecule has 2 aromatic carbocycles. The zero-order valence-electron chi connectivity index (χ0n) is 18.4. The molecule has 0 radical (unpaired) electrons. The summed E-state index contributed by atoms with van der Waals surface area (Å²) in [7, 11) is 0. The lowest BCUT2D eigenvalue weighted by Gasteiger charge is -2.36. The highest BCUT2D eigenvalue weighted by molar-refractivity contribution is 5.99. The highest BCUT2D eigenvalue weighted by atomic mass is 19.2. The summed E-state index contributed by atoms with van der Waals surface area (Å²) in [5.74, 6) is -2.66. The van der Waals surface area contributed by atoms with Crippen LogP contribution in [0.25, 0.3) is 11.5 Å². The van der Waals surface area contributed by atoms with Crippen LogP contribution in [0.1, 0.15) is 46.6 Å². The van der Waals surface area contributed by atoms with E-state index in [2.05, 4.69) is 20.5 Å². The normalized spacial score (nSPS) is 19.4. The average molecular weight is 483 g/mol. The van der Waals surface area contributed by atoms with E-state index in [0.717, 1.165) is 12.1 Å². The molecule has 1 aromatic heterocycles. The fourth-order valence-corrected chi connectivity index (χ4v) is 4.19. The third kappa shape index (κ3) is 4.18. The van der Waals surface area contributed by atoms with E-state index in [4.69, 9.17) is 4.42 Å². The van der Waals surface area contributed by atoms with Gasteiger partial charge in [-0.1, -0.05) is 12.1 Å². The Bertz CT molecular complexity index is 1340. The Morgan fingerprint density at radius 3 is 2.69 bits per heavy atom. The van der Waals surface area contributed by atoms with Crippen molar-refractivity contribution in [3.8, 4) is 11.5 Å². The fraction of sp³-hybridized carbons (Fsp3) is 0.250. The molecular formula is C24H20F3N5O3. The Balaban J connectivity index is 1.48. The molecule has 11 heteroatoms. The summed E-state index contributed by atoms with van der Waals surface area (Å²) in [5, 5.41) is 21.7. The van der Waals surface area contributed by atoms with Crippen molar-refractivity contribution in [2.45, 2.75) is 38.0 Å². The van der Waals surface area contributed by atoms with Gasteiger partial charge in [-0.3, -0.25) is 9.79 Å². The van der Waals surface area contributed by atoms with Crippen molar-refractivity contribution in [1.29, 1.82) is 0 Å². The predicted octanol–water partition coefficient (Wildman–Crippen LogP) is 3.62. The maximum Gasteiger partial charge on any atom is 0.255 e. The summed E-state index contributed by atoms with van der Waals surface area (Å²) in [5.41, 5.74) is 1.56. The Morgan fingerprint density at radius 1 is 1.17 bits per heavy atom. The molecule has 0 bridgehead atoms. The number of hydrogen-bond acceptors (Lipinski definition) is 7. The molecule has 0 saturated carbocycles. The third-order valence-corrected chi connectivity index (χ3v) is 5.96. The first-order valence-electron chi connectivity index (χ1n) is 10.8. The van der Waals surface area contributed by atoms with Crippen LogP contribution in [0.4, 0.5) is 13.2 Å². The van der Waals surface area contributed by atoms with Crippen LogP contribution in [0.3, 0.4) is 0 Å². The summed E-state index contributed by atoms with van der Waals surface area (Å²) < 4.78 is 46.2. The lowest BCUT2D eigenvalue weighted by molar-refractivity contribution is 0.0255. The summed E-state index contributed by atoms with van der Waals surface area (Å²) in [4.78, 5) is 19.2. The van der Waals surface area contributed by atoms with Crippen LogP contribution in [0.15, 0.2) is 58.1 Å². The number of allylic oxidation sites excluding steroid dienone is 1. The van der Waals surface area contributed by atoms with Crippen LogP contribution in [0.5, 0.6) is 0 Å². The van der Waals surface area contributed by atoms with Gasteiger partial charge in [-0.25, -0.2) is 13.2 Å². The van der Waals surface area contributed by atoms with Gasteiger partial charge in [-0.05, 0) is 54.6 Å². The smallest absolute Gasteiger partial charge is 0.255 e. The third-order valence-electron chi connectivity index (χ3n) is 5.96. The summed E-state index contributed by atoms with van der Waals surface area (Å²) in [6, 6.07) is 7.10. The van der Waals surface area contributed by atoms with E-state index < -0.39 is 42.0 Å². The van der Waals surface area contributed by atoms with Gasteiger partial charge in [-0.15, -0.1) is 10.2 Å². The Morgan fingerprint density at radius 2 is 2.00 bits per heavy atom. The Kier molecular flexibility index (Phi) is 5.85. The number of aromatic nitrogens is 2. The molecular weight excluding hydrogens is 463 g/mol. The van der Waals surface area contributed by atoms with E-state index in [9.17, 15) is 23.1 Å². The van der Waals surface area contributed by atoms with Crippen LogP contribution in [-0.4, -0.2) is 44.5 Å². The standard InChI is InChI=1S/C24H20F3N5O3/c1-12(25)22-30-31-23(35-22)14-3-4-15-11-32(24(34)16(15)9-14)19(21-28-7-2-8-29-21)20(33)13-5-6-17(26)18(27)10-13/h2-10,12,19-21,28,33H,11H2,1H3/t12?,19-,20-,21?/m0/s1. The first-order chi connectivity index (χ1) is 16.8. The number of nitrogens with zero attached hydrogens (tertiary/aromatic N) is 4. The molecule has 8 nitrogen and oxygen atoms in total. The van der Waals surface area contributed by atoms with E-state index in [1.165, 1.54) is 24.1 Å². The van der Waals surface area contributed by atoms with Gasteiger partial charge in [0, 0.05) is 23.9 Å². The van der Waals surface area contributed by atoms with Crippen molar-refractivity contribution in [2.75, 3.05) is 0 Å². The number of carbonyl (C=O) groups is 1. The van der Waals surface area contributed by atoms with E-state index in [1.807, 2.05) is 0 Å². The molecule has 3 aromatic rings. The number of nitrogens with one attached hydrogen (secondary N) is 1. The van der Waals surface area contributed by atoms with Gasteiger partial charge < -0.3 is 19.7 Å². The molecule has 2 N–H and O–H groups in total. The van der Waals surface area contributed by atoms with Gasteiger partial charge in [0.05, 0.1) is 0 Å². The minimum absolute atomic E-state index is 0.0700.